The van der Waals surface area contributed by atoms with Gasteiger partial charge in [0.25, 0.3) is 5.91 Å². The SMILES string of the molecule is COc1ccc(C(=O)N2CC(=O)N(c3ccc(C)cc3)C[C@H]2C)c(F)c1F. The van der Waals surface area contributed by atoms with E-state index in [0.717, 1.165) is 11.3 Å². The molecule has 0 N–H and O–H groups in total. The Morgan fingerprint density at radius 1 is 1.11 bits per heavy atom. The summed E-state index contributed by atoms with van der Waals surface area (Å²) in [5, 5.41) is 0. The monoisotopic (exact) mass is 374 g/mol. The second kappa shape index (κ2) is 7.34. The van der Waals surface area contributed by atoms with Gasteiger partial charge in [0.1, 0.15) is 6.54 Å². The van der Waals surface area contributed by atoms with Crippen LogP contribution in [0, 0.1) is 18.6 Å². The van der Waals surface area contributed by atoms with E-state index in [0.29, 0.717) is 0 Å². The zero-order valence-electron chi connectivity index (χ0n) is 15.3. The van der Waals surface area contributed by atoms with Gasteiger partial charge in [0.2, 0.25) is 11.7 Å². The van der Waals surface area contributed by atoms with Gasteiger partial charge in [-0.25, -0.2) is 4.39 Å². The van der Waals surface area contributed by atoms with Gasteiger partial charge in [-0.2, -0.15) is 4.39 Å². The number of rotatable bonds is 3. The number of piperazine rings is 1. The number of benzene rings is 2. The molecule has 0 radical (unpaired) electrons. The number of hydrogen-bond donors (Lipinski definition) is 0. The Labute approximate surface area is 156 Å². The Balaban J connectivity index is 1.83. The normalized spacial score (nSPS) is 17.2. The van der Waals surface area contributed by atoms with Crippen molar-refractivity contribution in [2.45, 2.75) is 19.9 Å². The molecule has 2 aromatic rings. The second-order valence-electron chi connectivity index (χ2n) is 6.57. The molecule has 1 aliphatic rings. The summed E-state index contributed by atoms with van der Waals surface area (Å²) in [4.78, 5) is 28.1. The van der Waals surface area contributed by atoms with E-state index < -0.39 is 23.1 Å². The number of amides is 2. The van der Waals surface area contributed by atoms with Crippen LogP contribution in [0.25, 0.3) is 0 Å². The molecule has 3 rings (SSSR count). The Morgan fingerprint density at radius 2 is 1.78 bits per heavy atom. The average Bonchev–Trinajstić information content (AvgIpc) is 2.65. The largest absolute Gasteiger partial charge is 0.494 e. The lowest BCUT2D eigenvalue weighted by atomic mass is 10.1. The Bertz CT molecular complexity index is 884. The molecule has 142 valence electrons. The van der Waals surface area contributed by atoms with Crippen molar-refractivity contribution in [3.05, 3.63) is 59.2 Å². The zero-order chi connectivity index (χ0) is 19.7. The number of halogens is 2. The Hall–Kier alpha value is -2.96. The first-order valence-electron chi connectivity index (χ1n) is 8.53. The maximum atomic E-state index is 14.3. The van der Waals surface area contributed by atoms with Crippen molar-refractivity contribution >= 4 is 17.5 Å². The second-order valence-corrected chi connectivity index (χ2v) is 6.57. The van der Waals surface area contributed by atoms with Crippen molar-refractivity contribution in [2.24, 2.45) is 0 Å². The van der Waals surface area contributed by atoms with Crippen LogP contribution < -0.4 is 9.64 Å². The summed E-state index contributed by atoms with van der Waals surface area (Å²) in [6, 6.07) is 9.50. The number of nitrogens with zero attached hydrogens (tertiary/aromatic N) is 2. The number of carbonyl (C=O) groups excluding carboxylic acids is 2. The van der Waals surface area contributed by atoms with Crippen LogP contribution >= 0.6 is 0 Å². The molecule has 1 atom stereocenters. The topological polar surface area (TPSA) is 49.9 Å². The highest BCUT2D eigenvalue weighted by Gasteiger charge is 2.35. The molecule has 0 bridgehead atoms. The van der Waals surface area contributed by atoms with E-state index >= 15 is 0 Å². The van der Waals surface area contributed by atoms with Gasteiger partial charge in [0, 0.05) is 18.3 Å². The highest BCUT2D eigenvalue weighted by Crippen LogP contribution is 2.26. The number of ether oxygens (including phenoxy) is 1. The first kappa shape index (κ1) is 18.8. The van der Waals surface area contributed by atoms with Gasteiger partial charge in [0.15, 0.2) is 11.6 Å². The Kier molecular flexibility index (Phi) is 5.12. The van der Waals surface area contributed by atoms with Crippen molar-refractivity contribution in [3.8, 4) is 5.75 Å². The number of carbonyl (C=O) groups is 2. The highest BCUT2D eigenvalue weighted by molar-refractivity contribution is 6.02. The van der Waals surface area contributed by atoms with Crippen LogP contribution in [-0.2, 0) is 4.79 Å². The van der Waals surface area contributed by atoms with E-state index in [-0.39, 0.29) is 30.8 Å². The van der Waals surface area contributed by atoms with Crippen LogP contribution in [0.4, 0.5) is 14.5 Å². The van der Waals surface area contributed by atoms with E-state index in [1.54, 1.807) is 11.8 Å². The first-order valence-corrected chi connectivity index (χ1v) is 8.53. The molecule has 0 aliphatic carbocycles. The van der Waals surface area contributed by atoms with Crippen LogP contribution in [0.5, 0.6) is 5.75 Å². The lowest BCUT2D eigenvalue weighted by Crippen LogP contribution is -2.57. The number of anilines is 1. The van der Waals surface area contributed by atoms with E-state index in [4.69, 9.17) is 4.74 Å². The number of methoxy groups -OCH3 is 1. The van der Waals surface area contributed by atoms with E-state index in [1.165, 1.54) is 24.1 Å². The van der Waals surface area contributed by atoms with Gasteiger partial charge in [0.05, 0.1) is 12.7 Å². The maximum absolute atomic E-state index is 14.3. The van der Waals surface area contributed by atoms with Gasteiger partial charge >= 0.3 is 0 Å². The smallest absolute Gasteiger partial charge is 0.257 e. The molecule has 2 amide bonds. The molecule has 1 saturated heterocycles. The predicted octanol–water partition coefficient (Wildman–Crippen LogP) is 3.16. The molecular weight excluding hydrogens is 354 g/mol. The van der Waals surface area contributed by atoms with Crippen molar-refractivity contribution in [1.82, 2.24) is 4.90 Å². The lowest BCUT2D eigenvalue weighted by Gasteiger charge is -2.39. The van der Waals surface area contributed by atoms with Crippen LogP contribution in [0.1, 0.15) is 22.8 Å². The van der Waals surface area contributed by atoms with Crippen LogP contribution in [-0.4, -0.2) is 43.0 Å². The van der Waals surface area contributed by atoms with Crippen LogP contribution in [0.15, 0.2) is 36.4 Å². The van der Waals surface area contributed by atoms with Gasteiger partial charge < -0.3 is 14.5 Å². The Morgan fingerprint density at radius 3 is 2.41 bits per heavy atom. The third kappa shape index (κ3) is 3.49. The first-order chi connectivity index (χ1) is 12.8. The van der Waals surface area contributed by atoms with Crippen molar-refractivity contribution in [1.29, 1.82) is 0 Å². The molecule has 1 heterocycles. The quantitative estimate of drug-likeness (QED) is 0.829. The number of hydrogen-bond acceptors (Lipinski definition) is 3. The van der Waals surface area contributed by atoms with Crippen molar-refractivity contribution in [2.75, 3.05) is 25.1 Å². The van der Waals surface area contributed by atoms with Crippen LogP contribution in [0.2, 0.25) is 0 Å². The molecule has 27 heavy (non-hydrogen) atoms. The molecule has 7 heteroatoms. The molecule has 1 aliphatic heterocycles. The summed E-state index contributed by atoms with van der Waals surface area (Å²) in [6.07, 6.45) is 0. The van der Waals surface area contributed by atoms with Gasteiger partial charge in [-0.1, -0.05) is 17.7 Å². The maximum Gasteiger partial charge on any atom is 0.257 e. The van der Waals surface area contributed by atoms with Gasteiger partial charge in [-0.15, -0.1) is 0 Å². The lowest BCUT2D eigenvalue weighted by molar-refractivity contribution is -0.121. The molecule has 0 saturated carbocycles. The van der Waals surface area contributed by atoms with Crippen LogP contribution in [0.3, 0.4) is 0 Å². The summed E-state index contributed by atoms with van der Waals surface area (Å²) >= 11 is 0. The summed E-state index contributed by atoms with van der Waals surface area (Å²) in [6.45, 7) is 3.78. The molecule has 0 spiro atoms. The third-order valence-corrected chi connectivity index (χ3v) is 4.69. The van der Waals surface area contributed by atoms with Crippen molar-refractivity contribution < 1.29 is 23.1 Å². The summed E-state index contributed by atoms with van der Waals surface area (Å²) in [5.41, 5.74) is 1.40. The predicted molar refractivity (Wildman–Crippen MR) is 96.9 cm³/mol. The summed E-state index contributed by atoms with van der Waals surface area (Å²) in [5.74, 6) is -3.78. The third-order valence-electron chi connectivity index (χ3n) is 4.69. The van der Waals surface area contributed by atoms with E-state index in [1.807, 2.05) is 31.2 Å². The van der Waals surface area contributed by atoms with Crippen molar-refractivity contribution in [3.63, 3.8) is 0 Å². The summed E-state index contributed by atoms with van der Waals surface area (Å²) in [7, 11) is 1.21. The minimum Gasteiger partial charge on any atom is -0.494 e. The van der Waals surface area contributed by atoms with E-state index in [2.05, 4.69) is 0 Å². The van der Waals surface area contributed by atoms with Gasteiger partial charge in [-0.3, -0.25) is 9.59 Å². The van der Waals surface area contributed by atoms with Gasteiger partial charge in [-0.05, 0) is 38.1 Å². The molecule has 1 fully saturated rings. The molecule has 2 aromatic carbocycles. The average molecular weight is 374 g/mol. The zero-order valence-corrected chi connectivity index (χ0v) is 15.3. The fraction of sp³-hybridized carbons (Fsp3) is 0.300. The molecule has 0 aromatic heterocycles. The minimum absolute atomic E-state index is 0.207. The fourth-order valence-corrected chi connectivity index (χ4v) is 3.11. The number of aryl methyl sites for hydroxylation is 1. The molecular formula is C20H20F2N2O3. The molecule has 0 unspecified atom stereocenters. The van der Waals surface area contributed by atoms with E-state index in [9.17, 15) is 18.4 Å². The standard InChI is InChI=1S/C20H20F2N2O3/c1-12-4-6-14(7-5-12)24-10-13(2)23(11-17(24)25)20(26)15-8-9-16(27-3)19(22)18(15)21/h4-9,13H,10-11H2,1-3H3/t13-/m1/s1. The summed E-state index contributed by atoms with van der Waals surface area (Å²) < 4.78 is 32.9. The minimum atomic E-state index is -1.28. The fourth-order valence-electron chi connectivity index (χ4n) is 3.11. The highest BCUT2D eigenvalue weighted by atomic mass is 19.2. The molecule has 5 nitrogen and oxygen atoms in total.